The summed E-state index contributed by atoms with van der Waals surface area (Å²) in [4.78, 5) is 74.0. The third-order valence-corrected chi connectivity index (χ3v) is 29.2. The van der Waals surface area contributed by atoms with Crippen molar-refractivity contribution in [1.29, 1.82) is 0 Å². The lowest BCUT2D eigenvalue weighted by Crippen LogP contribution is -2.68. The van der Waals surface area contributed by atoms with Gasteiger partial charge >= 0.3 is 5.97 Å². The normalized spacial score (nSPS) is 22.1. The minimum Gasteiger partial charge on any atom is -0.507 e. The molecule has 1 fully saturated rings. The first-order valence-electron chi connectivity index (χ1n) is 31.8. The standard InChI is InChI=1S/C34H40N2O6Si.C26H34N2O5Si.C14H11BrO2.CH4/c1-33(2,3)43(6,7)42-34-24(18-22-17-21-15-11-12-16-23(21)28(37)25(22)30(34)38)27(36(4)5)29-26(31(34)39)32(35-41-29)40-19-20-13-9-8-10-14-20;1-25(2,3)34(6,7)33-26-18(14-11-15-19(26)29)21(28(4)5)22-20(23(26)30)24(27-32-22)31-16-17-12-9-8-10-13-17;15-10-11-6-4-5-9-13(11)14(16)17-12-7-2-1-3-8-12;/h8-16,22,24,27,37H,17-19H2,1-7H3;8-13,15,18,21H,14,16H2,1-7H3;1-9H,10H2;1H4/t22-,24-,27-,34-;18-,21-,26-;;/m00../s1. The first-order chi connectivity index (χ1) is 44.5. The molecule has 0 unspecified atom stereocenters. The number of allylic oxidation sites excluding steroid dienone is 1. The molecule has 2 aromatic heterocycles. The quantitative estimate of drug-likeness (QED) is 0.0332. The molecule has 0 aliphatic heterocycles. The van der Waals surface area contributed by atoms with Gasteiger partial charge in [0.2, 0.25) is 17.3 Å². The summed E-state index contributed by atoms with van der Waals surface area (Å²) in [7, 11) is 2.37. The summed E-state index contributed by atoms with van der Waals surface area (Å²) in [6, 6.07) is 42.4. The van der Waals surface area contributed by atoms with E-state index < -0.39 is 63.1 Å². The van der Waals surface area contributed by atoms with E-state index in [1.807, 2.05) is 165 Å². The fraction of sp³-hybridized carbons (Fsp3) is 0.400. The van der Waals surface area contributed by atoms with Gasteiger partial charge in [-0.25, -0.2) is 4.79 Å². The molecule has 0 spiro atoms. The number of aliphatic hydroxyl groups excluding tert-OH is 1. The number of halogens is 1. The summed E-state index contributed by atoms with van der Waals surface area (Å²) < 4.78 is 42.9. The maximum Gasteiger partial charge on any atom is 0.343 e. The van der Waals surface area contributed by atoms with Crippen molar-refractivity contribution >= 4 is 67.4 Å². The maximum atomic E-state index is 15.1. The summed E-state index contributed by atoms with van der Waals surface area (Å²) in [5.41, 5.74) is 2.13. The number of aromatic nitrogens is 2. The second kappa shape index (κ2) is 28.2. The molecule has 17 nitrogen and oxygen atoms in total. The summed E-state index contributed by atoms with van der Waals surface area (Å²) >= 11 is 3.35. The second-order valence-electron chi connectivity index (χ2n) is 28.3. The van der Waals surface area contributed by atoms with E-state index in [0.29, 0.717) is 53.0 Å². The van der Waals surface area contributed by atoms with E-state index in [9.17, 15) is 19.5 Å². The predicted octanol–water partition coefficient (Wildman–Crippen LogP) is 15.9. The second-order valence-corrected chi connectivity index (χ2v) is 38.3. The Kier molecular flexibility index (Phi) is 21.2. The lowest BCUT2D eigenvalue weighted by Gasteiger charge is -2.55. The maximum absolute atomic E-state index is 15.1. The van der Waals surface area contributed by atoms with Crippen molar-refractivity contribution in [2.24, 2.45) is 17.8 Å². The molecule has 502 valence electrons. The number of para-hydroxylation sites is 1. The third kappa shape index (κ3) is 13.6. The molecule has 20 heteroatoms. The minimum atomic E-state index is -2.75. The van der Waals surface area contributed by atoms with Gasteiger partial charge in [-0.2, -0.15) is 0 Å². The molecule has 95 heavy (non-hydrogen) atoms. The Balaban J connectivity index is 0.000000181. The summed E-state index contributed by atoms with van der Waals surface area (Å²) in [5.74, 6) is -1.78. The molecule has 12 rings (SSSR count). The van der Waals surface area contributed by atoms with Crippen LogP contribution < -0.4 is 14.2 Å². The van der Waals surface area contributed by atoms with Crippen molar-refractivity contribution in [2.75, 3.05) is 28.2 Å². The number of aliphatic hydroxyl groups is 1. The zero-order valence-corrected chi connectivity index (χ0v) is 59.7. The highest BCUT2D eigenvalue weighted by atomic mass is 79.9. The molecule has 5 aliphatic rings. The van der Waals surface area contributed by atoms with E-state index >= 15 is 9.59 Å². The van der Waals surface area contributed by atoms with E-state index in [-0.39, 0.29) is 88.6 Å². The molecule has 7 atom stereocenters. The first kappa shape index (κ1) is 71.6. The smallest absolute Gasteiger partial charge is 0.343 e. The molecule has 1 saturated carbocycles. The van der Waals surface area contributed by atoms with Crippen LogP contribution in [0.2, 0.25) is 36.3 Å². The Morgan fingerprint density at radius 1 is 0.632 bits per heavy atom. The minimum absolute atomic E-state index is 0. The number of ether oxygens (including phenoxy) is 3. The number of carbonyl (C=O) groups is 5. The van der Waals surface area contributed by atoms with Gasteiger partial charge in [-0.1, -0.05) is 192 Å². The molecule has 0 radical (unpaired) electrons. The molecule has 1 N–H and O–H groups in total. The molecule has 0 amide bonds. The largest absolute Gasteiger partial charge is 0.507 e. The molecule has 0 bridgehead atoms. The van der Waals surface area contributed by atoms with Crippen molar-refractivity contribution in [2.45, 2.75) is 146 Å². The van der Waals surface area contributed by atoms with E-state index in [1.165, 1.54) is 6.08 Å². The number of alkyl halides is 1. The molecular weight excluding hydrogens is 1300 g/mol. The average molecular weight is 1390 g/mol. The fourth-order valence-electron chi connectivity index (χ4n) is 12.9. The number of Topliss-reactive ketones (excluding diaryl/α,β-unsaturated/α-hetero) is 3. The Labute approximate surface area is 568 Å². The fourth-order valence-corrected chi connectivity index (χ4v) is 16.3. The zero-order chi connectivity index (χ0) is 67.9. The number of ketones is 4. The van der Waals surface area contributed by atoms with Crippen molar-refractivity contribution in [3.63, 3.8) is 0 Å². The topological polar surface area (TPSA) is 210 Å². The van der Waals surface area contributed by atoms with E-state index in [1.54, 1.807) is 18.2 Å². The average Bonchev–Trinajstić information content (AvgIpc) is 1.64. The van der Waals surface area contributed by atoms with Crippen LogP contribution >= 0.6 is 15.9 Å². The lowest BCUT2D eigenvalue weighted by molar-refractivity contribution is -0.140. The molecule has 0 saturated heterocycles. The molecule has 2 heterocycles. The molecular formula is C75H89BrN4O13Si2. The van der Waals surface area contributed by atoms with Gasteiger partial charge < -0.3 is 37.2 Å². The molecule has 5 aromatic carbocycles. The van der Waals surface area contributed by atoms with Gasteiger partial charge in [0.1, 0.15) is 35.8 Å². The zero-order valence-electron chi connectivity index (χ0n) is 56.1. The predicted molar refractivity (Wildman–Crippen MR) is 374 cm³/mol. The lowest BCUT2D eigenvalue weighted by atomic mass is 9.57. The summed E-state index contributed by atoms with van der Waals surface area (Å²) in [6.45, 7) is 21.2. The van der Waals surface area contributed by atoms with Crippen molar-refractivity contribution in [1.82, 2.24) is 20.1 Å². The van der Waals surface area contributed by atoms with E-state index in [2.05, 4.69) is 94.0 Å². The van der Waals surface area contributed by atoms with Crippen LogP contribution in [0.5, 0.6) is 17.5 Å². The van der Waals surface area contributed by atoms with Gasteiger partial charge in [0, 0.05) is 28.3 Å². The van der Waals surface area contributed by atoms with Crippen LogP contribution in [0.1, 0.15) is 144 Å². The number of hydrogen-bond donors (Lipinski definition) is 1. The van der Waals surface area contributed by atoms with Crippen LogP contribution in [0.15, 0.2) is 166 Å². The van der Waals surface area contributed by atoms with Crippen molar-refractivity contribution in [3.05, 3.63) is 213 Å². The van der Waals surface area contributed by atoms with Gasteiger partial charge in [0.05, 0.1) is 17.6 Å². The van der Waals surface area contributed by atoms with Crippen LogP contribution in [0, 0.1) is 17.8 Å². The van der Waals surface area contributed by atoms with Crippen LogP contribution in [-0.2, 0) is 43.4 Å². The Morgan fingerprint density at radius 2 is 1.09 bits per heavy atom. The molecule has 5 aliphatic carbocycles. The number of esters is 1. The first-order valence-corrected chi connectivity index (χ1v) is 38.8. The van der Waals surface area contributed by atoms with Crippen molar-refractivity contribution < 1.29 is 61.2 Å². The van der Waals surface area contributed by atoms with Crippen LogP contribution in [0.4, 0.5) is 0 Å². The van der Waals surface area contributed by atoms with Gasteiger partial charge in [-0.05, 0) is 146 Å². The van der Waals surface area contributed by atoms with Crippen molar-refractivity contribution in [3.8, 4) is 17.5 Å². The van der Waals surface area contributed by atoms with Crippen LogP contribution in [-0.4, -0.2) is 110 Å². The number of carbonyl (C=O) groups excluding carboxylic acids is 5. The number of fused-ring (bicyclic) bond motifs is 6. The van der Waals surface area contributed by atoms with Crippen LogP contribution in [0.3, 0.4) is 0 Å². The highest BCUT2D eigenvalue weighted by molar-refractivity contribution is 9.08. The number of nitrogens with zero attached hydrogens (tertiary/aromatic N) is 4. The van der Waals surface area contributed by atoms with E-state index in [0.717, 1.165) is 22.3 Å². The third-order valence-electron chi connectivity index (χ3n) is 19.7. The van der Waals surface area contributed by atoms with Gasteiger partial charge in [0.15, 0.2) is 45.1 Å². The summed E-state index contributed by atoms with van der Waals surface area (Å²) in [6.07, 6.45) is 4.91. The highest BCUT2D eigenvalue weighted by Gasteiger charge is 2.69. The Bertz CT molecular complexity index is 4020. The monoisotopic (exact) mass is 1390 g/mol. The number of hydrogen-bond acceptors (Lipinski definition) is 17. The van der Waals surface area contributed by atoms with Crippen LogP contribution in [0.25, 0.3) is 5.76 Å². The van der Waals surface area contributed by atoms with Gasteiger partial charge in [0.25, 0.3) is 11.8 Å². The SMILES string of the molecule is C.CN(C)[C@@H]1c2onc(OCc3ccccc3)c2C(=O)[C@@]2(O[Si](C)(C)C(C)(C)C)C(=O)C3=C(O)c4ccccc4C[C@H]3C[C@@H]12.CN(C)[C@@H]1c2onc(OCc3ccccc3)c2C(=O)[C@@]2(O[Si](C)(C)C(C)(C)C)C(=O)C=CC[C@@H]12.O=C(Oc1ccccc1)c1ccccc1CBr. The van der Waals surface area contributed by atoms with Gasteiger partial charge in [-0.3, -0.25) is 29.0 Å². The highest BCUT2D eigenvalue weighted by Crippen LogP contribution is 2.59. The number of benzene rings is 5. The number of rotatable bonds is 15. The summed E-state index contributed by atoms with van der Waals surface area (Å²) in [5, 5.41) is 20.1. The Morgan fingerprint density at radius 3 is 1.61 bits per heavy atom. The molecule has 7 aromatic rings. The van der Waals surface area contributed by atoms with E-state index in [4.69, 9.17) is 32.1 Å². The Hall–Kier alpha value is -7.70. The van der Waals surface area contributed by atoms with Gasteiger partial charge in [-0.15, -0.1) is 0 Å².